The zero-order valence-electron chi connectivity index (χ0n) is 9.91. The molecule has 2 N–H and O–H groups in total. The molecule has 1 aliphatic heterocycles. The number of ether oxygens (including phenoxy) is 1. The Labute approximate surface area is 96.8 Å². The van der Waals surface area contributed by atoms with Gasteiger partial charge in [-0.25, -0.2) is 4.98 Å². The number of H-pyrrole nitrogens is 1. The minimum absolute atomic E-state index is 0.364. The van der Waals surface area contributed by atoms with Crippen LogP contribution in [-0.4, -0.2) is 29.7 Å². The second-order valence-electron chi connectivity index (χ2n) is 4.38. The fraction of sp³-hybridized carbons (Fsp3) is 0.750. The Bertz CT molecular complexity index is 280. The van der Waals surface area contributed by atoms with Gasteiger partial charge in [0.25, 0.3) is 0 Å². The maximum Gasteiger partial charge on any atom is 0.123 e. The van der Waals surface area contributed by atoms with Gasteiger partial charge in [-0.1, -0.05) is 6.92 Å². The fourth-order valence-corrected chi connectivity index (χ4v) is 2.32. The van der Waals surface area contributed by atoms with E-state index in [0.717, 1.165) is 37.9 Å². The molecule has 1 fully saturated rings. The number of hydrogen-bond acceptors (Lipinski definition) is 3. The molecule has 0 bridgehead atoms. The van der Waals surface area contributed by atoms with E-state index in [2.05, 4.69) is 22.2 Å². The molecular formula is C12H21N3O. The van der Waals surface area contributed by atoms with Crippen LogP contribution in [0.1, 0.15) is 38.1 Å². The van der Waals surface area contributed by atoms with Crippen molar-refractivity contribution in [3.8, 4) is 0 Å². The molecule has 1 unspecified atom stereocenters. The van der Waals surface area contributed by atoms with Gasteiger partial charge in [0, 0.05) is 25.6 Å². The van der Waals surface area contributed by atoms with E-state index in [9.17, 15) is 0 Å². The molecule has 4 nitrogen and oxygen atoms in total. The zero-order valence-corrected chi connectivity index (χ0v) is 9.91. The van der Waals surface area contributed by atoms with Crippen molar-refractivity contribution in [1.82, 2.24) is 15.3 Å². The molecule has 0 aliphatic carbocycles. The second-order valence-corrected chi connectivity index (χ2v) is 4.38. The Kier molecular flexibility index (Phi) is 4.36. The molecule has 0 radical (unpaired) electrons. The van der Waals surface area contributed by atoms with Crippen molar-refractivity contribution in [2.45, 2.75) is 32.2 Å². The molecule has 1 aromatic heterocycles. The SMILES string of the molecule is CCNC(CC1CCOCC1)c1ncc[nH]1. The standard InChI is InChI=1S/C12H21N3O/c1-2-13-11(12-14-5-6-15-12)9-10-3-7-16-8-4-10/h5-6,10-11,13H,2-4,7-9H2,1H3,(H,14,15). The van der Waals surface area contributed by atoms with Crippen molar-refractivity contribution in [3.05, 3.63) is 18.2 Å². The molecule has 90 valence electrons. The molecule has 4 heteroatoms. The predicted octanol–water partition coefficient (Wildman–Crippen LogP) is 1.88. The summed E-state index contributed by atoms with van der Waals surface area (Å²) in [5, 5.41) is 3.50. The molecule has 1 saturated heterocycles. The van der Waals surface area contributed by atoms with E-state index in [1.165, 1.54) is 12.8 Å². The number of imidazole rings is 1. The van der Waals surface area contributed by atoms with E-state index in [1.54, 1.807) is 0 Å². The highest BCUT2D eigenvalue weighted by molar-refractivity contribution is 4.96. The summed E-state index contributed by atoms with van der Waals surface area (Å²) in [5.41, 5.74) is 0. The lowest BCUT2D eigenvalue weighted by Gasteiger charge is -2.26. The number of hydrogen-bond donors (Lipinski definition) is 2. The van der Waals surface area contributed by atoms with Crippen LogP contribution in [0.3, 0.4) is 0 Å². The van der Waals surface area contributed by atoms with Gasteiger partial charge in [0.15, 0.2) is 0 Å². The van der Waals surface area contributed by atoms with Gasteiger partial charge in [0.05, 0.1) is 6.04 Å². The van der Waals surface area contributed by atoms with Crippen LogP contribution in [0.25, 0.3) is 0 Å². The number of aromatic amines is 1. The van der Waals surface area contributed by atoms with Crippen molar-refractivity contribution < 1.29 is 4.74 Å². The lowest BCUT2D eigenvalue weighted by Crippen LogP contribution is -2.27. The Morgan fingerprint density at radius 2 is 2.38 bits per heavy atom. The van der Waals surface area contributed by atoms with E-state index in [-0.39, 0.29) is 0 Å². The van der Waals surface area contributed by atoms with Crippen LogP contribution in [0.5, 0.6) is 0 Å². The summed E-state index contributed by atoms with van der Waals surface area (Å²) in [4.78, 5) is 7.56. The van der Waals surface area contributed by atoms with Crippen LogP contribution in [-0.2, 0) is 4.74 Å². The van der Waals surface area contributed by atoms with Crippen molar-refractivity contribution in [1.29, 1.82) is 0 Å². The molecule has 1 aromatic rings. The van der Waals surface area contributed by atoms with E-state index in [4.69, 9.17) is 4.74 Å². The Morgan fingerprint density at radius 3 is 3.00 bits per heavy atom. The molecule has 0 saturated carbocycles. The molecule has 1 aliphatic rings. The topological polar surface area (TPSA) is 49.9 Å². The van der Waals surface area contributed by atoms with Crippen LogP contribution < -0.4 is 5.32 Å². The van der Waals surface area contributed by atoms with Crippen molar-refractivity contribution >= 4 is 0 Å². The minimum Gasteiger partial charge on any atom is -0.381 e. The van der Waals surface area contributed by atoms with Gasteiger partial charge >= 0.3 is 0 Å². The molecular weight excluding hydrogens is 202 g/mol. The van der Waals surface area contributed by atoms with Gasteiger partial charge in [0.1, 0.15) is 5.82 Å². The normalized spacial score (nSPS) is 19.8. The fourth-order valence-electron chi connectivity index (χ4n) is 2.32. The van der Waals surface area contributed by atoms with Gasteiger partial charge in [-0.05, 0) is 31.7 Å². The largest absolute Gasteiger partial charge is 0.381 e. The molecule has 2 heterocycles. The maximum absolute atomic E-state index is 5.39. The first kappa shape index (κ1) is 11.6. The first-order valence-corrected chi connectivity index (χ1v) is 6.20. The molecule has 1 atom stereocenters. The lowest BCUT2D eigenvalue weighted by molar-refractivity contribution is 0.0603. The molecule has 0 amide bonds. The molecule has 0 aromatic carbocycles. The highest BCUT2D eigenvalue weighted by Crippen LogP contribution is 2.25. The van der Waals surface area contributed by atoms with Crippen LogP contribution in [0.15, 0.2) is 12.4 Å². The number of nitrogens with zero attached hydrogens (tertiary/aromatic N) is 1. The minimum atomic E-state index is 0.364. The smallest absolute Gasteiger partial charge is 0.123 e. The van der Waals surface area contributed by atoms with Gasteiger partial charge in [-0.3, -0.25) is 0 Å². The first-order valence-electron chi connectivity index (χ1n) is 6.20. The lowest BCUT2D eigenvalue weighted by atomic mass is 9.92. The predicted molar refractivity (Wildman–Crippen MR) is 63.2 cm³/mol. The highest BCUT2D eigenvalue weighted by atomic mass is 16.5. The third kappa shape index (κ3) is 3.06. The number of aromatic nitrogens is 2. The summed E-state index contributed by atoms with van der Waals surface area (Å²) < 4.78 is 5.39. The summed E-state index contributed by atoms with van der Waals surface area (Å²) >= 11 is 0. The van der Waals surface area contributed by atoms with Crippen LogP contribution in [0, 0.1) is 5.92 Å². The third-order valence-electron chi connectivity index (χ3n) is 3.21. The van der Waals surface area contributed by atoms with Gasteiger partial charge in [-0.15, -0.1) is 0 Å². The number of nitrogens with one attached hydrogen (secondary N) is 2. The van der Waals surface area contributed by atoms with E-state index in [1.807, 2.05) is 12.4 Å². The van der Waals surface area contributed by atoms with Gasteiger partial charge in [-0.2, -0.15) is 0 Å². The quantitative estimate of drug-likeness (QED) is 0.801. The highest BCUT2D eigenvalue weighted by Gasteiger charge is 2.21. The summed E-state index contributed by atoms with van der Waals surface area (Å²) in [7, 11) is 0. The monoisotopic (exact) mass is 223 g/mol. The van der Waals surface area contributed by atoms with E-state index < -0.39 is 0 Å². The van der Waals surface area contributed by atoms with Crippen LogP contribution >= 0.6 is 0 Å². The summed E-state index contributed by atoms with van der Waals surface area (Å²) in [6.45, 7) is 4.96. The van der Waals surface area contributed by atoms with E-state index >= 15 is 0 Å². The zero-order chi connectivity index (χ0) is 11.2. The van der Waals surface area contributed by atoms with Gasteiger partial charge < -0.3 is 15.0 Å². The van der Waals surface area contributed by atoms with Crippen LogP contribution in [0.4, 0.5) is 0 Å². The summed E-state index contributed by atoms with van der Waals surface area (Å²) in [6.07, 6.45) is 7.24. The maximum atomic E-state index is 5.39. The summed E-state index contributed by atoms with van der Waals surface area (Å²) in [6, 6.07) is 0.364. The van der Waals surface area contributed by atoms with Crippen LogP contribution in [0.2, 0.25) is 0 Å². The average Bonchev–Trinajstić information content (AvgIpc) is 2.83. The van der Waals surface area contributed by atoms with Gasteiger partial charge in [0.2, 0.25) is 0 Å². The molecule has 0 spiro atoms. The Hall–Kier alpha value is -0.870. The molecule has 2 rings (SSSR count). The summed E-state index contributed by atoms with van der Waals surface area (Å²) in [5.74, 6) is 1.83. The third-order valence-corrected chi connectivity index (χ3v) is 3.21. The van der Waals surface area contributed by atoms with Crippen molar-refractivity contribution in [3.63, 3.8) is 0 Å². The Morgan fingerprint density at radius 1 is 1.56 bits per heavy atom. The van der Waals surface area contributed by atoms with Crippen molar-refractivity contribution in [2.75, 3.05) is 19.8 Å². The average molecular weight is 223 g/mol. The first-order chi connectivity index (χ1) is 7.90. The van der Waals surface area contributed by atoms with Crippen molar-refractivity contribution in [2.24, 2.45) is 5.92 Å². The van der Waals surface area contributed by atoms with E-state index in [0.29, 0.717) is 6.04 Å². The number of rotatable bonds is 5. The second kappa shape index (κ2) is 6.01. The molecule has 16 heavy (non-hydrogen) atoms. The Balaban J connectivity index is 1.91.